The fourth-order valence-corrected chi connectivity index (χ4v) is 2.79. The normalized spacial score (nSPS) is 18.9. The molecule has 0 bridgehead atoms. The topological polar surface area (TPSA) is 84.4 Å². The molecule has 0 amide bonds. The molecule has 1 aliphatic rings. The van der Waals surface area contributed by atoms with E-state index in [0.29, 0.717) is 23.3 Å². The van der Waals surface area contributed by atoms with Crippen LogP contribution in [-0.4, -0.2) is 47.0 Å². The molecule has 2 aromatic rings. The van der Waals surface area contributed by atoms with E-state index in [-0.39, 0.29) is 5.69 Å². The third-order valence-electron chi connectivity index (χ3n) is 4.15. The summed E-state index contributed by atoms with van der Waals surface area (Å²) in [5.41, 5.74) is 0.726. The van der Waals surface area contributed by atoms with Crippen LogP contribution in [0.1, 0.15) is 12.8 Å². The molecule has 1 saturated heterocycles. The van der Waals surface area contributed by atoms with Gasteiger partial charge in [0.1, 0.15) is 0 Å². The number of nitro benzene ring substituents is 1. The number of non-ortho nitro benzene ring substituents is 1. The first kappa shape index (κ1) is 15.6. The summed E-state index contributed by atoms with van der Waals surface area (Å²) >= 11 is 0. The van der Waals surface area contributed by atoms with Gasteiger partial charge in [0.15, 0.2) is 11.7 Å². The van der Waals surface area contributed by atoms with E-state index < -0.39 is 4.92 Å². The maximum Gasteiger partial charge on any atom is 0.270 e. The Hall–Kier alpha value is -2.25. The van der Waals surface area contributed by atoms with Gasteiger partial charge in [-0.15, -0.1) is 0 Å². The lowest BCUT2D eigenvalue weighted by Gasteiger charge is -2.33. The van der Waals surface area contributed by atoms with Crippen LogP contribution in [0.15, 0.2) is 34.9 Å². The monoisotopic (exact) mass is 316 g/mol. The van der Waals surface area contributed by atoms with Crippen LogP contribution in [0, 0.1) is 10.1 Å². The van der Waals surface area contributed by atoms with Gasteiger partial charge in [-0.3, -0.25) is 15.0 Å². The molecule has 23 heavy (non-hydrogen) atoms. The lowest BCUT2D eigenvalue weighted by atomic mass is 10.2. The van der Waals surface area contributed by atoms with E-state index in [4.69, 9.17) is 4.42 Å². The molecule has 2 heterocycles. The van der Waals surface area contributed by atoms with Crippen molar-refractivity contribution < 1.29 is 9.34 Å². The number of oxazole rings is 1. The Morgan fingerprint density at radius 3 is 3.17 bits per heavy atom. The molecule has 7 nitrogen and oxygen atoms in total. The quantitative estimate of drug-likeness (QED) is 0.671. The molecule has 1 fully saturated rings. The third-order valence-corrected chi connectivity index (χ3v) is 4.15. The van der Waals surface area contributed by atoms with Gasteiger partial charge < -0.3 is 9.73 Å². The number of nitro groups is 1. The molecule has 0 saturated carbocycles. The molecule has 122 valence electrons. The van der Waals surface area contributed by atoms with Gasteiger partial charge in [-0.2, -0.15) is 0 Å². The molecular formula is C16H20N4O3. The zero-order valence-corrected chi connectivity index (χ0v) is 13.1. The van der Waals surface area contributed by atoms with Crippen LogP contribution in [-0.2, 0) is 6.42 Å². The third kappa shape index (κ3) is 3.75. The molecule has 1 atom stereocenters. The first-order valence-electron chi connectivity index (χ1n) is 7.78. The van der Waals surface area contributed by atoms with Crippen LogP contribution in [0.2, 0.25) is 0 Å². The number of rotatable bonds is 5. The van der Waals surface area contributed by atoms with Crippen LogP contribution >= 0.6 is 0 Å². The van der Waals surface area contributed by atoms with E-state index in [1.165, 1.54) is 12.1 Å². The number of nitrogens with one attached hydrogen (secondary N) is 1. The van der Waals surface area contributed by atoms with Crippen molar-refractivity contribution in [1.82, 2.24) is 15.2 Å². The van der Waals surface area contributed by atoms with Crippen molar-refractivity contribution >= 4 is 5.69 Å². The van der Waals surface area contributed by atoms with E-state index in [1.54, 1.807) is 18.3 Å². The molecule has 1 aliphatic heterocycles. The van der Waals surface area contributed by atoms with Gasteiger partial charge in [-0.25, -0.2) is 4.98 Å². The van der Waals surface area contributed by atoms with Gasteiger partial charge in [0.25, 0.3) is 5.69 Å². The van der Waals surface area contributed by atoms with Crippen molar-refractivity contribution in [2.24, 2.45) is 0 Å². The number of piperazine rings is 1. The second-order valence-electron chi connectivity index (χ2n) is 5.76. The average molecular weight is 316 g/mol. The van der Waals surface area contributed by atoms with Crippen LogP contribution < -0.4 is 5.32 Å². The highest BCUT2D eigenvalue weighted by atomic mass is 16.6. The lowest BCUT2D eigenvalue weighted by molar-refractivity contribution is -0.384. The predicted molar refractivity (Wildman–Crippen MR) is 86.2 cm³/mol. The number of benzene rings is 1. The van der Waals surface area contributed by atoms with Gasteiger partial charge >= 0.3 is 0 Å². The van der Waals surface area contributed by atoms with E-state index in [9.17, 15) is 10.1 Å². The fraction of sp³-hybridized carbons (Fsp3) is 0.438. The van der Waals surface area contributed by atoms with Crippen molar-refractivity contribution in [2.75, 3.05) is 26.2 Å². The van der Waals surface area contributed by atoms with Crippen molar-refractivity contribution in [2.45, 2.75) is 19.4 Å². The van der Waals surface area contributed by atoms with E-state index in [0.717, 1.165) is 32.6 Å². The Labute approximate surface area is 134 Å². The molecule has 0 spiro atoms. The maximum atomic E-state index is 10.8. The molecule has 1 aromatic heterocycles. The van der Waals surface area contributed by atoms with Gasteiger partial charge in [0, 0.05) is 56.3 Å². The molecule has 0 radical (unpaired) electrons. The lowest BCUT2D eigenvalue weighted by Crippen LogP contribution is -2.50. The molecule has 1 N–H and O–H groups in total. The molecular weight excluding hydrogens is 296 g/mol. The van der Waals surface area contributed by atoms with E-state index in [2.05, 4.69) is 22.1 Å². The molecule has 7 heteroatoms. The highest BCUT2D eigenvalue weighted by Gasteiger charge is 2.18. The second-order valence-corrected chi connectivity index (χ2v) is 5.76. The minimum atomic E-state index is -0.410. The summed E-state index contributed by atoms with van der Waals surface area (Å²) in [5, 5.41) is 14.2. The Morgan fingerprint density at radius 1 is 1.52 bits per heavy atom. The smallest absolute Gasteiger partial charge is 0.270 e. The van der Waals surface area contributed by atoms with Gasteiger partial charge in [-0.05, 0) is 6.92 Å². The largest absolute Gasteiger partial charge is 0.441 e. The standard InChI is InChI=1S/C16H20N4O3/c1-12-10-17-6-8-19(12)7-5-16-18-11-15(23-16)13-3-2-4-14(9-13)20(21)22/h2-4,9,11-12,17H,5-8,10H2,1H3/t12-/m1/s1. The van der Waals surface area contributed by atoms with Crippen molar-refractivity contribution in [3.63, 3.8) is 0 Å². The highest BCUT2D eigenvalue weighted by Crippen LogP contribution is 2.24. The van der Waals surface area contributed by atoms with Crippen molar-refractivity contribution in [1.29, 1.82) is 0 Å². The van der Waals surface area contributed by atoms with Crippen LogP contribution in [0.4, 0.5) is 5.69 Å². The van der Waals surface area contributed by atoms with Crippen LogP contribution in [0.5, 0.6) is 0 Å². The number of hydrogen-bond acceptors (Lipinski definition) is 6. The molecule has 3 rings (SSSR count). The maximum absolute atomic E-state index is 10.8. The zero-order valence-electron chi connectivity index (χ0n) is 13.1. The summed E-state index contributed by atoms with van der Waals surface area (Å²) in [4.78, 5) is 17.1. The second kappa shape index (κ2) is 6.89. The Balaban J connectivity index is 1.66. The first-order valence-corrected chi connectivity index (χ1v) is 7.78. The Bertz CT molecular complexity index is 685. The highest BCUT2D eigenvalue weighted by molar-refractivity contribution is 5.60. The van der Waals surface area contributed by atoms with Crippen LogP contribution in [0.3, 0.4) is 0 Å². The Kier molecular flexibility index (Phi) is 4.68. The summed E-state index contributed by atoms with van der Waals surface area (Å²) in [5.74, 6) is 1.23. The Morgan fingerprint density at radius 2 is 2.39 bits per heavy atom. The van der Waals surface area contributed by atoms with Crippen LogP contribution in [0.25, 0.3) is 11.3 Å². The summed E-state index contributed by atoms with van der Waals surface area (Å²) in [6, 6.07) is 6.91. The SMILES string of the molecule is C[C@@H]1CNCCN1CCc1ncc(-c2cccc([N+](=O)[O-])c2)o1. The summed E-state index contributed by atoms with van der Waals surface area (Å²) in [6.07, 6.45) is 2.37. The molecule has 0 unspecified atom stereocenters. The van der Waals surface area contributed by atoms with Gasteiger partial charge in [0.2, 0.25) is 0 Å². The minimum absolute atomic E-state index is 0.0510. The summed E-state index contributed by atoms with van der Waals surface area (Å²) in [7, 11) is 0. The number of hydrogen-bond donors (Lipinski definition) is 1. The summed E-state index contributed by atoms with van der Waals surface area (Å²) in [6.45, 7) is 6.15. The van der Waals surface area contributed by atoms with E-state index >= 15 is 0 Å². The van der Waals surface area contributed by atoms with E-state index in [1.807, 2.05) is 0 Å². The first-order chi connectivity index (χ1) is 11.1. The average Bonchev–Trinajstić information content (AvgIpc) is 3.03. The van der Waals surface area contributed by atoms with Crippen molar-refractivity contribution in [3.8, 4) is 11.3 Å². The summed E-state index contributed by atoms with van der Waals surface area (Å²) < 4.78 is 5.75. The van der Waals surface area contributed by atoms with Gasteiger partial charge in [0.05, 0.1) is 11.1 Å². The van der Waals surface area contributed by atoms with Gasteiger partial charge in [-0.1, -0.05) is 12.1 Å². The zero-order chi connectivity index (χ0) is 16.2. The number of aromatic nitrogens is 1. The van der Waals surface area contributed by atoms with Crippen molar-refractivity contribution in [3.05, 3.63) is 46.5 Å². The predicted octanol–water partition coefficient (Wildman–Crippen LogP) is 2.09. The molecule has 1 aromatic carbocycles. The fourth-order valence-electron chi connectivity index (χ4n) is 2.79. The number of nitrogens with zero attached hydrogens (tertiary/aromatic N) is 3. The minimum Gasteiger partial charge on any atom is -0.441 e. The molecule has 0 aliphatic carbocycles.